The first-order valence-corrected chi connectivity index (χ1v) is 11.7. The number of nitrogens with one attached hydrogen (secondary N) is 3. The predicted molar refractivity (Wildman–Crippen MR) is 119 cm³/mol. The Hall–Kier alpha value is -2.75. The van der Waals surface area contributed by atoms with Crippen molar-refractivity contribution in [1.29, 1.82) is 0 Å². The van der Waals surface area contributed by atoms with Crippen molar-refractivity contribution in [3.05, 3.63) is 60.2 Å². The van der Waals surface area contributed by atoms with Gasteiger partial charge in [-0.05, 0) is 43.2 Å². The molecular weight excluding hydrogens is 416 g/mol. The second kappa shape index (κ2) is 10.0. The zero-order valence-electron chi connectivity index (χ0n) is 17.7. The highest BCUT2D eigenvalue weighted by Gasteiger charge is 2.27. The molecule has 0 aromatic heterocycles. The summed E-state index contributed by atoms with van der Waals surface area (Å²) in [6.07, 6.45) is 0.822. The third-order valence-electron chi connectivity index (χ3n) is 5.08. The second-order valence-electron chi connectivity index (χ2n) is 7.76. The molecule has 2 atom stereocenters. The van der Waals surface area contributed by atoms with E-state index >= 15 is 0 Å². The van der Waals surface area contributed by atoms with Crippen molar-refractivity contribution >= 4 is 27.5 Å². The van der Waals surface area contributed by atoms with E-state index in [1.165, 1.54) is 43.7 Å². The molecule has 1 saturated heterocycles. The Labute approximate surface area is 183 Å². The zero-order valence-corrected chi connectivity index (χ0v) is 18.5. The van der Waals surface area contributed by atoms with E-state index in [4.69, 9.17) is 0 Å². The molecule has 1 heterocycles. The molecule has 1 aliphatic heterocycles. The lowest BCUT2D eigenvalue weighted by Crippen LogP contribution is -2.48. The number of likely N-dealkylation sites (tertiary alicyclic amines) is 1. The van der Waals surface area contributed by atoms with Gasteiger partial charge in [0, 0.05) is 38.3 Å². The highest BCUT2D eigenvalue weighted by atomic mass is 32.2. The van der Waals surface area contributed by atoms with Crippen LogP contribution in [0.15, 0.2) is 59.5 Å². The number of hydrogen-bond acceptors (Lipinski definition) is 5. The Morgan fingerprint density at radius 1 is 1.10 bits per heavy atom. The molecule has 31 heavy (non-hydrogen) atoms. The minimum absolute atomic E-state index is 0.0138. The topological polar surface area (TPSA) is 108 Å². The SMILES string of the molecule is CC(=O)Nc1ccc(S(=O)(=O)N[C@@H](C)C(=O)NC2CCN(Cc3ccccc3)C2)cc1. The van der Waals surface area contributed by atoms with Crippen LogP contribution < -0.4 is 15.4 Å². The van der Waals surface area contributed by atoms with Crippen LogP contribution in [0, 0.1) is 0 Å². The summed E-state index contributed by atoms with van der Waals surface area (Å²) in [5, 5.41) is 5.52. The lowest BCUT2D eigenvalue weighted by Gasteiger charge is -2.19. The molecule has 0 bridgehead atoms. The first-order chi connectivity index (χ1) is 14.7. The fourth-order valence-corrected chi connectivity index (χ4v) is 4.74. The van der Waals surface area contributed by atoms with Crippen molar-refractivity contribution in [2.45, 2.75) is 43.8 Å². The second-order valence-corrected chi connectivity index (χ2v) is 9.48. The van der Waals surface area contributed by atoms with Crippen molar-refractivity contribution in [2.75, 3.05) is 18.4 Å². The Morgan fingerprint density at radius 2 is 1.77 bits per heavy atom. The van der Waals surface area contributed by atoms with E-state index in [0.717, 1.165) is 26.1 Å². The summed E-state index contributed by atoms with van der Waals surface area (Å²) >= 11 is 0. The van der Waals surface area contributed by atoms with Gasteiger partial charge in [0.05, 0.1) is 10.9 Å². The van der Waals surface area contributed by atoms with E-state index in [0.29, 0.717) is 5.69 Å². The monoisotopic (exact) mass is 444 g/mol. The number of benzene rings is 2. The standard InChI is InChI=1S/C22H28N4O4S/c1-16(25-31(29,30)21-10-8-19(9-11-21)23-17(2)27)22(28)24-20-12-13-26(15-20)14-18-6-4-3-5-7-18/h3-11,16,20,25H,12-15H2,1-2H3,(H,23,27)(H,24,28)/t16-,20?/m0/s1. The van der Waals surface area contributed by atoms with Crippen LogP contribution in [-0.2, 0) is 26.2 Å². The lowest BCUT2D eigenvalue weighted by atomic mass is 10.2. The summed E-state index contributed by atoms with van der Waals surface area (Å²) < 4.78 is 27.6. The summed E-state index contributed by atoms with van der Waals surface area (Å²) in [7, 11) is -3.87. The smallest absolute Gasteiger partial charge is 0.241 e. The van der Waals surface area contributed by atoms with Gasteiger partial charge in [-0.2, -0.15) is 4.72 Å². The third kappa shape index (κ3) is 6.61. The maximum atomic E-state index is 12.6. The number of rotatable bonds is 8. The minimum Gasteiger partial charge on any atom is -0.351 e. The average molecular weight is 445 g/mol. The molecule has 2 aromatic rings. The molecule has 1 aliphatic rings. The van der Waals surface area contributed by atoms with Crippen LogP contribution in [0.25, 0.3) is 0 Å². The molecular formula is C22H28N4O4S. The Kier molecular flexibility index (Phi) is 7.42. The van der Waals surface area contributed by atoms with Gasteiger partial charge in [0.15, 0.2) is 0 Å². The number of nitrogens with zero attached hydrogens (tertiary/aromatic N) is 1. The summed E-state index contributed by atoms with van der Waals surface area (Å²) in [4.78, 5) is 25.9. The number of sulfonamides is 1. The van der Waals surface area contributed by atoms with Crippen LogP contribution in [0.3, 0.4) is 0 Å². The van der Waals surface area contributed by atoms with Crippen LogP contribution >= 0.6 is 0 Å². The number of amides is 2. The third-order valence-corrected chi connectivity index (χ3v) is 6.63. The maximum absolute atomic E-state index is 12.6. The van der Waals surface area contributed by atoms with Gasteiger partial charge in [0.25, 0.3) is 0 Å². The van der Waals surface area contributed by atoms with Crippen LogP contribution in [0.4, 0.5) is 5.69 Å². The van der Waals surface area contributed by atoms with Crippen molar-refractivity contribution in [1.82, 2.24) is 14.9 Å². The Bertz CT molecular complexity index is 1010. The molecule has 2 aromatic carbocycles. The Morgan fingerprint density at radius 3 is 2.42 bits per heavy atom. The first-order valence-electron chi connectivity index (χ1n) is 10.2. The van der Waals surface area contributed by atoms with Crippen LogP contribution in [0.1, 0.15) is 25.8 Å². The molecule has 9 heteroatoms. The maximum Gasteiger partial charge on any atom is 0.241 e. The van der Waals surface area contributed by atoms with E-state index in [2.05, 4.69) is 32.4 Å². The van der Waals surface area contributed by atoms with Gasteiger partial charge < -0.3 is 10.6 Å². The van der Waals surface area contributed by atoms with Crippen LogP contribution in [-0.4, -0.2) is 50.3 Å². The van der Waals surface area contributed by atoms with E-state index in [9.17, 15) is 18.0 Å². The predicted octanol–water partition coefficient (Wildman–Crippen LogP) is 1.70. The fourth-order valence-electron chi connectivity index (χ4n) is 3.54. The fraction of sp³-hybridized carbons (Fsp3) is 0.364. The van der Waals surface area contributed by atoms with Crippen molar-refractivity contribution < 1.29 is 18.0 Å². The highest BCUT2D eigenvalue weighted by Crippen LogP contribution is 2.16. The summed E-state index contributed by atoms with van der Waals surface area (Å²) in [5.74, 6) is -0.599. The zero-order chi connectivity index (χ0) is 22.4. The molecule has 0 spiro atoms. The minimum atomic E-state index is -3.87. The number of hydrogen-bond donors (Lipinski definition) is 3. The quantitative estimate of drug-likeness (QED) is 0.575. The molecule has 0 radical (unpaired) electrons. The molecule has 3 N–H and O–H groups in total. The van der Waals surface area contributed by atoms with Crippen LogP contribution in [0.5, 0.6) is 0 Å². The van der Waals surface area contributed by atoms with E-state index in [1.807, 2.05) is 18.2 Å². The van der Waals surface area contributed by atoms with Gasteiger partial charge in [0.1, 0.15) is 0 Å². The number of carbonyl (C=O) groups excluding carboxylic acids is 2. The van der Waals surface area contributed by atoms with Gasteiger partial charge >= 0.3 is 0 Å². The normalized spacial score (nSPS) is 17.8. The summed E-state index contributed by atoms with van der Waals surface area (Å²) in [5.41, 5.74) is 1.72. The van der Waals surface area contributed by atoms with E-state index in [1.54, 1.807) is 0 Å². The molecule has 166 valence electrons. The van der Waals surface area contributed by atoms with Gasteiger partial charge in [-0.15, -0.1) is 0 Å². The van der Waals surface area contributed by atoms with E-state index < -0.39 is 16.1 Å². The molecule has 0 saturated carbocycles. The first kappa shape index (κ1) is 22.9. The number of carbonyl (C=O) groups is 2. The molecule has 8 nitrogen and oxygen atoms in total. The largest absolute Gasteiger partial charge is 0.351 e. The highest BCUT2D eigenvalue weighted by molar-refractivity contribution is 7.89. The van der Waals surface area contributed by atoms with Gasteiger partial charge in [-0.3, -0.25) is 14.5 Å². The molecule has 1 unspecified atom stereocenters. The molecule has 0 aliphatic carbocycles. The lowest BCUT2D eigenvalue weighted by molar-refractivity contribution is -0.123. The van der Waals surface area contributed by atoms with Gasteiger partial charge in [-0.25, -0.2) is 8.42 Å². The molecule has 2 amide bonds. The van der Waals surface area contributed by atoms with Gasteiger partial charge in [-0.1, -0.05) is 30.3 Å². The van der Waals surface area contributed by atoms with Crippen molar-refractivity contribution in [2.24, 2.45) is 0 Å². The van der Waals surface area contributed by atoms with Crippen molar-refractivity contribution in [3.8, 4) is 0 Å². The average Bonchev–Trinajstić information content (AvgIpc) is 3.15. The van der Waals surface area contributed by atoms with Gasteiger partial charge in [0.2, 0.25) is 21.8 Å². The Balaban J connectivity index is 1.51. The summed E-state index contributed by atoms with van der Waals surface area (Å²) in [6.45, 7) is 5.32. The molecule has 1 fully saturated rings. The van der Waals surface area contributed by atoms with E-state index in [-0.39, 0.29) is 22.8 Å². The van der Waals surface area contributed by atoms with Crippen LogP contribution in [0.2, 0.25) is 0 Å². The van der Waals surface area contributed by atoms with Crippen molar-refractivity contribution in [3.63, 3.8) is 0 Å². The summed E-state index contributed by atoms with van der Waals surface area (Å²) in [6, 6.07) is 15.0. The molecule has 3 rings (SSSR count). The number of anilines is 1.